The summed E-state index contributed by atoms with van der Waals surface area (Å²) in [6.45, 7) is 4.13. The van der Waals surface area contributed by atoms with E-state index in [1.54, 1.807) is 26.3 Å². The van der Waals surface area contributed by atoms with Crippen molar-refractivity contribution in [1.29, 1.82) is 0 Å². The highest BCUT2D eigenvalue weighted by atomic mass is 127. The fourth-order valence-electron chi connectivity index (χ4n) is 2.73. The Morgan fingerprint density at radius 3 is 2.92 bits per heavy atom. The largest absolute Gasteiger partial charge is 0.378 e. The van der Waals surface area contributed by atoms with E-state index in [9.17, 15) is 4.79 Å². The lowest BCUT2D eigenvalue weighted by atomic mass is 10.0. The van der Waals surface area contributed by atoms with Gasteiger partial charge in [-0.1, -0.05) is 18.2 Å². The second-order valence-corrected chi connectivity index (χ2v) is 7.65. The molecular formula is C15H15ClIN4O2P. The van der Waals surface area contributed by atoms with Crippen LogP contribution >= 0.6 is 40.0 Å². The van der Waals surface area contributed by atoms with Crippen LogP contribution in [0, 0.1) is 0 Å². The lowest BCUT2D eigenvalue weighted by Crippen LogP contribution is -2.13. The van der Waals surface area contributed by atoms with E-state index >= 15 is 0 Å². The van der Waals surface area contributed by atoms with E-state index in [1.807, 2.05) is 10.5 Å². The number of nitrogens with one attached hydrogen (secondary N) is 1. The first kappa shape index (κ1) is 17.7. The molecule has 24 heavy (non-hydrogen) atoms. The van der Waals surface area contributed by atoms with Gasteiger partial charge in [-0.25, -0.2) is 4.45 Å². The van der Waals surface area contributed by atoms with Crippen molar-refractivity contribution >= 4 is 57.0 Å². The van der Waals surface area contributed by atoms with E-state index in [4.69, 9.17) is 16.3 Å². The summed E-state index contributed by atoms with van der Waals surface area (Å²) in [5.41, 5.74) is 3.48. The van der Waals surface area contributed by atoms with Gasteiger partial charge in [-0.3, -0.25) is 14.6 Å². The molecule has 3 aromatic rings. The van der Waals surface area contributed by atoms with Crippen LogP contribution in [0.4, 0.5) is 0 Å². The number of aromatic nitrogens is 4. The summed E-state index contributed by atoms with van der Waals surface area (Å²) >= 11 is 8.76. The van der Waals surface area contributed by atoms with Gasteiger partial charge in [-0.15, -0.1) is 0 Å². The molecule has 0 fully saturated rings. The van der Waals surface area contributed by atoms with E-state index in [2.05, 4.69) is 38.8 Å². The first-order valence-corrected chi connectivity index (χ1v) is 11.4. The molecule has 1 N–H and O–H groups in total. The summed E-state index contributed by atoms with van der Waals surface area (Å²) in [5.74, 6) is 0. The SMILES string of the molecule is C=Cc1nn(PI)c2c(Cl)cc(-c3c(COC)[nH]n(C)c3=O)cc12. The quantitative estimate of drug-likeness (QED) is 0.448. The second kappa shape index (κ2) is 7.00. The minimum Gasteiger partial charge on any atom is -0.378 e. The summed E-state index contributed by atoms with van der Waals surface area (Å²) in [6, 6.07) is 3.73. The monoisotopic (exact) mass is 476 g/mol. The molecule has 3 rings (SSSR count). The fraction of sp³-hybridized carbons (Fsp3) is 0.200. The normalized spacial score (nSPS) is 11.8. The zero-order chi connectivity index (χ0) is 17.4. The third-order valence-corrected chi connectivity index (χ3v) is 5.88. The molecule has 0 saturated heterocycles. The van der Waals surface area contributed by atoms with Crippen molar-refractivity contribution in [3.63, 3.8) is 0 Å². The maximum absolute atomic E-state index is 12.5. The van der Waals surface area contributed by atoms with Gasteiger partial charge in [0.05, 0.1) is 40.5 Å². The highest BCUT2D eigenvalue weighted by Crippen LogP contribution is 2.37. The van der Waals surface area contributed by atoms with Gasteiger partial charge in [0.25, 0.3) is 5.56 Å². The molecule has 2 heterocycles. The molecule has 2 aromatic heterocycles. The maximum atomic E-state index is 12.5. The highest BCUT2D eigenvalue weighted by Gasteiger charge is 2.19. The highest BCUT2D eigenvalue weighted by molar-refractivity contribution is 14.2. The Balaban J connectivity index is 2.33. The number of H-pyrrole nitrogens is 1. The van der Waals surface area contributed by atoms with Gasteiger partial charge in [0.2, 0.25) is 0 Å². The van der Waals surface area contributed by atoms with Gasteiger partial charge in [0.15, 0.2) is 0 Å². The average molecular weight is 477 g/mol. The first-order chi connectivity index (χ1) is 11.5. The predicted octanol–water partition coefficient (Wildman–Crippen LogP) is 3.96. The van der Waals surface area contributed by atoms with Crippen LogP contribution in [0.25, 0.3) is 28.1 Å². The van der Waals surface area contributed by atoms with Gasteiger partial charge >= 0.3 is 0 Å². The third kappa shape index (κ3) is 2.83. The first-order valence-electron chi connectivity index (χ1n) is 7.00. The van der Waals surface area contributed by atoms with Crippen LogP contribution in [0.15, 0.2) is 23.5 Å². The van der Waals surface area contributed by atoms with Crippen LogP contribution in [0.3, 0.4) is 0 Å². The Morgan fingerprint density at radius 2 is 2.29 bits per heavy atom. The molecule has 1 unspecified atom stereocenters. The molecule has 6 nitrogen and oxygen atoms in total. The van der Waals surface area contributed by atoms with Gasteiger partial charge in [0, 0.05) is 19.5 Å². The third-order valence-electron chi connectivity index (χ3n) is 3.73. The van der Waals surface area contributed by atoms with Crippen molar-refractivity contribution in [2.75, 3.05) is 7.11 Å². The number of benzene rings is 1. The summed E-state index contributed by atoms with van der Waals surface area (Å²) in [5, 5.41) is 8.96. The number of hydrogen-bond acceptors (Lipinski definition) is 3. The van der Waals surface area contributed by atoms with Crippen LogP contribution in [0.5, 0.6) is 0 Å². The smallest absolute Gasteiger partial charge is 0.274 e. The van der Waals surface area contributed by atoms with Crippen LogP contribution in [-0.4, -0.2) is 26.4 Å². The number of hydrogen-bond donors (Lipinski definition) is 1. The van der Waals surface area contributed by atoms with Crippen LogP contribution in [0.2, 0.25) is 5.02 Å². The zero-order valence-electron chi connectivity index (χ0n) is 13.1. The van der Waals surface area contributed by atoms with Crippen molar-refractivity contribution in [2.45, 2.75) is 6.61 Å². The Labute approximate surface area is 158 Å². The number of ether oxygens (including phenoxy) is 1. The van der Waals surface area contributed by atoms with Crippen molar-refractivity contribution < 1.29 is 4.74 Å². The molecule has 126 valence electrons. The molecular weight excluding hydrogens is 462 g/mol. The van der Waals surface area contributed by atoms with Gasteiger partial charge in [-0.2, -0.15) is 5.10 Å². The molecule has 0 radical (unpaired) electrons. The molecule has 9 heteroatoms. The number of rotatable bonds is 5. The second-order valence-electron chi connectivity index (χ2n) is 5.20. The topological polar surface area (TPSA) is 64.8 Å². The van der Waals surface area contributed by atoms with E-state index in [-0.39, 0.29) is 5.56 Å². The van der Waals surface area contributed by atoms with Gasteiger partial charge in [0.1, 0.15) is 0 Å². The van der Waals surface area contributed by atoms with Crippen molar-refractivity contribution in [1.82, 2.24) is 19.3 Å². The average Bonchev–Trinajstić information content (AvgIpc) is 3.06. The van der Waals surface area contributed by atoms with Crippen LogP contribution in [0.1, 0.15) is 11.4 Å². The Hall–Kier alpha value is -1.15. The van der Waals surface area contributed by atoms with Crippen LogP contribution < -0.4 is 5.56 Å². The number of halogens is 2. The summed E-state index contributed by atoms with van der Waals surface area (Å²) < 4.78 is 8.48. The minimum atomic E-state index is -0.124. The zero-order valence-corrected chi connectivity index (χ0v) is 17.0. The van der Waals surface area contributed by atoms with Gasteiger partial charge < -0.3 is 4.74 Å². The van der Waals surface area contributed by atoms with E-state index in [0.717, 1.165) is 22.2 Å². The standard InChI is InChI=1S/C15H15ClIN4O2P/c1-4-11-9-5-8(6-10(16)14(9)21(19-11)24-17)13-12(7-23-3)18-20(2)15(13)22/h4-6,18,24H,1,7H2,2-3H3. The lowest BCUT2D eigenvalue weighted by molar-refractivity contribution is 0.181. The number of methoxy groups -OCH3 is 1. The molecule has 0 saturated carbocycles. The molecule has 0 spiro atoms. The van der Waals surface area contributed by atoms with Crippen molar-refractivity contribution in [3.05, 3.63) is 45.5 Å². The van der Waals surface area contributed by atoms with Crippen molar-refractivity contribution in [2.24, 2.45) is 7.05 Å². The maximum Gasteiger partial charge on any atom is 0.274 e. The Kier molecular flexibility index (Phi) is 5.15. The molecule has 0 bridgehead atoms. The Bertz CT molecular complexity index is 992. The van der Waals surface area contributed by atoms with Crippen LogP contribution in [-0.2, 0) is 18.4 Å². The molecule has 0 aliphatic rings. The van der Waals surface area contributed by atoms with E-state index in [1.165, 1.54) is 4.68 Å². The van der Waals surface area contributed by atoms with E-state index < -0.39 is 0 Å². The molecule has 1 atom stereocenters. The van der Waals surface area contributed by atoms with Crippen molar-refractivity contribution in [3.8, 4) is 11.1 Å². The number of fused-ring (bicyclic) bond motifs is 1. The number of nitrogens with zero attached hydrogens (tertiary/aromatic N) is 3. The molecule has 0 aliphatic carbocycles. The summed E-state index contributed by atoms with van der Waals surface area (Å²) in [4.78, 5) is 12.5. The van der Waals surface area contributed by atoms with Gasteiger partial charge in [-0.05, 0) is 45.8 Å². The fourth-order valence-corrected chi connectivity index (χ4v) is 4.62. The number of aromatic amines is 1. The summed E-state index contributed by atoms with van der Waals surface area (Å²) in [7, 11) is 3.27. The minimum absolute atomic E-state index is 0.124. The summed E-state index contributed by atoms with van der Waals surface area (Å²) in [6.07, 6.45) is 2.11. The molecule has 0 aliphatic heterocycles. The molecule has 1 aromatic carbocycles. The molecule has 0 amide bonds. The predicted molar refractivity (Wildman–Crippen MR) is 108 cm³/mol. The lowest BCUT2D eigenvalue weighted by Gasteiger charge is -2.05. The number of aryl methyl sites for hydroxylation is 1. The van der Waals surface area contributed by atoms with E-state index in [0.29, 0.717) is 29.3 Å². The Morgan fingerprint density at radius 1 is 1.54 bits per heavy atom.